The van der Waals surface area contributed by atoms with Crippen molar-refractivity contribution in [2.24, 2.45) is 0 Å². The van der Waals surface area contributed by atoms with E-state index in [1.165, 1.54) is 19.2 Å². The number of aryl methyl sites for hydroxylation is 1. The van der Waals surface area contributed by atoms with E-state index in [1.54, 1.807) is 6.08 Å². The van der Waals surface area contributed by atoms with Gasteiger partial charge in [0.25, 0.3) is 5.56 Å². The molecular formula is C18H20N2O6. The molecule has 138 valence electrons. The average Bonchev–Trinajstić information content (AvgIpc) is 2.89. The Hall–Kier alpha value is -2.52. The summed E-state index contributed by atoms with van der Waals surface area (Å²) in [5, 5.41) is 30.3. The first-order valence-electron chi connectivity index (χ1n) is 8.11. The highest BCUT2D eigenvalue weighted by Crippen LogP contribution is 2.36. The molecule has 0 spiro atoms. The number of aliphatic hydroxyl groups excluding tert-OH is 3. The maximum atomic E-state index is 12.4. The molecule has 26 heavy (non-hydrogen) atoms. The predicted octanol–water partition coefficient (Wildman–Crippen LogP) is -0.676. The highest BCUT2D eigenvalue weighted by molar-refractivity contribution is 5.50. The Morgan fingerprint density at radius 3 is 2.58 bits per heavy atom. The maximum absolute atomic E-state index is 12.4. The van der Waals surface area contributed by atoms with Gasteiger partial charge in [-0.05, 0) is 18.6 Å². The number of H-pyrrole nitrogens is 1. The van der Waals surface area contributed by atoms with Crippen molar-refractivity contribution < 1.29 is 20.1 Å². The Balaban J connectivity index is 2.18. The summed E-state index contributed by atoms with van der Waals surface area (Å²) in [5.41, 5.74) is -2.13. The van der Waals surface area contributed by atoms with Gasteiger partial charge < -0.3 is 20.1 Å². The minimum absolute atomic E-state index is 0.231. The van der Waals surface area contributed by atoms with E-state index in [9.17, 15) is 24.9 Å². The Labute approximate surface area is 148 Å². The highest BCUT2D eigenvalue weighted by Gasteiger charge is 2.54. The van der Waals surface area contributed by atoms with Crippen LogP contribution >= 0.6 is 0 Å². The van der Waals surface area contributed by atoms with Crippen LogP contribution in [-0.2, 0) is 10.5 Å². The van der Waals surface area contributed by atoms with Crippen molar-refractivity contribution in [1.82, 2.24) is 9.55 Å². The van der Waals surface area contributed by atoms with E-state index in [1.807, 2.05) is 30.3 Å². The monoisotopic (exact) mass is 360 g/mol. The van der Waals surface area contributed by atoms with Crippen LogP contribution in [-0.4, -0.2) is 49.8 Å². The first kappa shape index (κ1) is 18.3. The number of nitrogens with one attached hydrogen (secondary N) is 1. The van der Waals surface area contributed by atoms with Gasteiger partial charge in [-0.2, -0.15) is 0 Å². The number of ether oxygens (including phenoxy) is 1. The quantitative estimate of drug-likeness (QED) is 0.573. The molecule has 3 rings (SSSR count). The van der Waals surface area contributed by atoms with Gasteiger partial charge in [-0.3, -0.25) is 14.3 Å². The summed E-state index contributed by atoms with van der Waals surface area (Å²) >= 11 is 0. The van der Waals surface area contributed by atoms with Crippen LogP contribution in [0.3, 0.4) is 0 Å². The Morgan fingerprint density at radius 2 is 1.96 bits per heavy atom. The van der Waals surface area contributed by atoms with E-state index in [2.05, 4.69) is 4.98 Å². The molecule has 8 nitrogen and oxygen atoms in total. The van der Waals surface area contributed by atoms with Gasteiger partial charge >= 0.3 is 5.69 Å². The van der Waals surface area contributed by atoms with Crippen molar-refractivity contribution in [3.8, 4) is 0 Å². The molecule has 2 heterocycles. The van der Waals surface area contributed by atoms with Crippen molar-refractivity contribution in [1.29, 1.82) is 0 Å². The number of aromatic amines is 1. The maximum Gasteiger partial charge on any atom is 0.331 e. The summed E-state index contributed by atoms with van der Waals surface area (Å²) in [6.45, 7) is 0.959. The topological polar surface area (TPSA) is 125 Å². The van der Waals surface area contributed by atoms with E-state index in [4.69, 9.17) is 4.74 Å². The number of hydrogen-bond acceptors (Lipinski definition) is 6. The van der Waals surface area contributed by atoms with Crippen LogP contribution in [0.25, 0.3) is 6.08 Å². The lowest BCUT2D eigenvalue weighted by Crippen LogP contribution is -2.50. The van der Waals surface area contributed by atoms with Gasteiger partial charge in [0.15, 0.2) is 5.72 Å². The molecule has 1 aliphatic heterocycles. The molecule has 0 bridgehead atoms. The lowest BCUT2D eigenvalue weighted by atomic mass is 10.0. The van der Waals surface area contributed by atoms with E-state index in [0.717, 1.165) is 10.1 Å². The highest BCUT2D eigenvalue weighted by atomic mass is 16.6. The standard InChI is InChI=1S/C18H20N2O6/c1-11-9-20(17(25)19-16(11)24)18(8-7-12-5-3-2-4-6-12)15(23)14(22)13(10-21)26-18/h2-9,13-15,21-23H,10H2,1H3,(H,19,24,25)/t13-,14-,15-,18-/m1/s1. The van der Waals surface area contributed by atoms with Crippen LogP contribution in [0.2, 0.25) is 0 Å². The third kappa shape index (κ3) is 3.04. The van der Waals surface area contributed by atoms with Gasteiger partial charge in [-0.15, -0.1) is 0 Å². The summed E-state index contributed by atoms with van der Waals surface area (Å²) in [5.74, 6) is 0. The van der Waals surface area contributed by atoms with Gasteiger partial charge in [0.05, 0.1) is 6.61 Å². The van der Waals surface area contributed by atoms with Crippen molar-refractivity contribution >= 4 is 6.08 Å². The van der Waals surface area contributed by atoms with Crippen LogP contribution in [0.5, 0.6) is 0 Å². The van der Waals surface area contributed by atoms with E-state index < -0.39 is 41.9 Å². The number of rotatable bonds is 4. The third-order valence-corrected chi connectivity index (χ3v) is 4.46. The third-order valence-electron chi connectivity index (χ3n) is 4.46. The molecule has 2 aromatic rings. The summed E-state index contributed by atoms with van der Waals surface area (Å²) in [4.78, 5) is 26.2. The van der Waals surface area contributed by atoms with Gasteiger partial charge in [-0.1, -0.05) is 36.4 Å². The van der Waals surface area contributed by atoms with Gasteiger partial charge in [0.2, 0.25) is 0 Å². The average molecular weight is 360 g/mol. The molecule has 1 aromatic carbocycles. The molecule has 0 unspecified atom stereocenters. The molecule has 1 fully saturated rings. The van der Waals surface area contributed by atoms with Crippen LogP contribution in [0.1, 0.15) is 11.1 Å². The fraction of sp³-hybridized carbons (Fsp3) is 0.333. The second-order valence-electron chi connectivity index (χ2n) is 6.21. The first-order valence-corrected chi connectivity index (χ1v) is 8.11. The number of aliphatic hydroxyl groups is 3. The molecule has 1 aromatic heterocycles. The smallest absolute Gasteiger partial charge is 0.331 e. The molecule has 0 radical (unpaired) electrons. The zero-order valence-electron chi connectivity index (χ0n) is 14.1. The first-order chi connectivity index (χ1) is 12.4. The summed E-state index contributed by atoms with van der Waals surface area (Å²) < 4.78 is 6.73. The molecule has 1 aliphatic rings. The molecular weight excluding hydrogens is 340 g/mol. The normalized spacial score (nSPS) is 28.7. The second-order valence-corrected chi connectivity index (χ2v) is 6.21. The lowest BCUT2D eigenvalue weighted by Gasteiger charge is -2.31. The largest absolute Gasteiger partial charge is 0.394 e. The van der Waals surface area contributed by atoms with E-state index >= 15 is 0 Å². The number of aromatic nitrogens is 2. The number of benzene rings is 1. The molecule has 1 saturated heterocycles. The van der Waals surface area contributed by atoms with Gasteiger partial charge in [0, 0.05) is 11.8 Å². The van der Waals surface area contributed by atoms with Crippen molar-refractivity contribution in [3.05, 3.63) is 74.6 Å². The SMILES string of the molecule is Cc1cn([C@]2(C=Cc3ccccc3)O[C@H](CO)[C@@H](O)[C@H]2O)c(=O)[nH]c1=O. The van der Waals surface area contributed by atoms with Crippen molar-refractivity contribution in [2.45, 2.75) is 31.0 Å². The molecule has 4 atom stereocenters. The lowest BCUT2D eigenvalue weighted by molar-refractivity contribution is -0.114. The van der Waals surface area contributed by atoms with Gasteiger partial charge in [-0.25, -0.2) is 4.79 Å². The zero-order valence-corrected chi connectivity index (χ0v) is 14.1. The van der Waals surface area contributed by atoms with Crippen LogP contribution in [0, 0.1) is 6.92 Å². The second kappa shape index (κ2) is 7.00. The predicted molar refractivity (Wildman–Crippen MR) is 93.5 cm³/mol. The van der Waals surface area contributed by atoms with Crippen LogP contribution in [0.15, 0.2) is 52.2 Å². The molecule has 0 amide bonds. The minimum Gasteiger partial charge on any atom is -0.394 e. The number of nitrogens with zero attached hydrogens (tertiary/aromatic N) is 1. The van der Waals surface area contributed by atoms with Crippen LogP contribution < -0.4 is 11.2 Å². The van der Waals surface area contributed by atoms with Crippen molar-refractivity contribution in [2.75, 3.05) is 6.61 Å². The fourth-order valence-corrected chi connectivity index (χ4v) is 3.00. The Morgan fingerprint density at radius 1 is 1.27 bits per heavy atom. The molecule has 8 heteroatoms. The number of hydrogen-bond donors (Lipinski definition) is 4. The zero-order chi connectivity index (χ0) is 18.9. The van der Waals surface area contributed by atoms with Crippen molar-refractivity contribution in [3.63, 3.8) is 0 Å². The van der Waals surface area contributed by atoms with Gasteiger partial charge in [0.1, 0.15) is 18.3 Å². The fourth-order valence-electron chi connectivity index (χ4n) is 3.00. The van der Waals surface area contributed by atoms with E-state index in [0.29, 0.717) is 0 Å². The summed E-state index contributed by atoms with van der Waals surface area (Å²) in [6, 6.07) is 9.11. The molecule has 4 N–H and O–H groups in total. The summed E-state index contributed by atoms with van der Waals surface area (Å²) in [7, 11) is 0. The summed E-state index contributed by atoms with van der Waals surface area (Å²) in [6.07, 6.45) is 0.270. The van der Waals surface area contributed by atoms with Crippen LogP contribution in [0.4, 0.5) is 0 Å². The molecule has 0 saturated carbocycles. The van der Waals surface area contributed by atoms with E-state index in [-0.39, 0.29) is 5.56 Å². The molecule has 0 aliphatic carbocycles. The Bertz CT molecular complexity index is 919. The minimum atomic E-state index is -1.78. The Kier molecular flexibility index (Phi) is 4.92.